The molecule has 0 saturated carbocycles. The molecular weight excluding hydrogens is 320 g/mol. The first-order chi connectivity index (χ1) is 8.54. The molecule has 0 bridgehead atoms. The number of benzene rings is 1. The van der Waals surface area contributed by atoms with Gasteiger partial charge in [-0.3, -0.25) is 4.79 Å². The van der Waals surface area contributed by atoms with Crippen LogP contribution in [0.5, 0.6) is 0 Å². The van der Waals surface area contributed by atoms with E-state index in [4.69, 9.17) is 22.1 Å². The van der Waals surface area contributed by atoms with Crippen LogP contribution in [0.1, 0.15) is 12.8 Å². The number of nitrogens with two attached hydrogens (primary N) is 1. The van der Waals surface area contributed by atoms with Crippen molar-refractivity contribution in [2.45, 2.75) is 18.9 Å². The normalized spacial score (nSPS) is 12.2. The highest BCUT2D eigenvalue weighted by Crippen LogP contribution is 2.25. The first kappa shape index (κ1) is 15.4. The average molecular weight is 336 g/mol. The number of carbonyl (C=O) groups excluding carboxylic acids is 1. The Balaban J connectivity index is 2.53. The highest BCUT2D eigenvalue weighted by Gasteiger charge is 2.14. The summed E-state index contributed by atoms with van der Waals surface area (Å²) in [6.07, 6.45) is 1.33. The Morgan fingerprint density at radius 3 is 2.94 bits per heavy atom. The molecule has 1 aromatic carbocycles. The van der Waals surface area contributed by atoms with Crippen LogP contribution in [0, 0.1) is 0 Å². The molecule has 0 radical (unpaired) electrons. The van der Waals surface area contributed by atoms with Gasteiger partial charge in [0.15, 0.2) is 0 Å². The Morgan fingerprint density at radius 2 is 2.33 bits per heavy atom. The van der Waals surface area contributed by atoms with Crippen LogP contribution < -0.4 is 11.1 Å². The monoisotopic (exact) mass is 334 g/mol. The van der Waals surface area contributed by atoms with E-state index in [-0.39, 0.29) is 5.91 Å². The fraction of sp³-hybridized carbons (Fsp3) is 0.417. The molecule has 1 unspecified atom stereocenters. The zero-order valence-electron chi connectivity index (χ0n) is 10.1. The molecule has 1 aromatic rings. The van der Waals surface area contributed by atoms with Crippen LogP contribution in [-0.2, 0) is 9.53 Å². The Labute approximate surface area is 120 Å². The van der Waals surface area contributed by atoms with Crippen molar-refractivity contribution in [1.29, 1.82) is 0 Å². The van der Waals surface area contributed by atoms with Gasteiger partial charge in [0.1, 0.15) is 0 Å². The van der Waals surface area contributed by atoms with Crippen LogP contribution in [0.3, 0.4) is 0 Å². The van der Waals surface area contributed by atoms with Gasteiger partial charge in [-0.25, -0.2) is 0 Å². The second kappa shape index (κ2) is 7.74. The fourth-order valence-electron chi connectivity index (χ4n) is 1.39. The standard InChI is InChI=1S/C12H16BrClN2O2/c1-18-6-2-3-10(15)12(17)16-11-5-4-8(13)7-9(11)14/h4-5,7,10H,2-3,6,15H2,1H3,(H,16,17). The lowest BCUT2D eigenvalue weighted by Crippen LogP contribution is -2.35. The van der Waals surface area contributed by atoms with Crippen molar-refractivity contribution in [1.82, 2.24) is 0 Å². The first-order valence-corrected chi connectivity index (χ1v) is 6.72. The van der Waals surface area contributed by atoms with E-state index in [0.29, 0.717) is 23.7 Å². The van der Waals surface area contributed by atoms with Crippen LogP contribution in [0.15, 0.2) is 22.7 Å². The second-order valence-corrected chi connectivity index (χ2v) is 5.18. The molecule has 1 atom stereocenters. The van der Waals surface area contributed by atoms with Crippen molar-refractivity contribution in [2.75, 3.05) is 19.0 Å². The van der Waals surface area contributed by atoms with Crippen molar-refractivity contribution in [3.63, 3.8) is 0 Å². The van der Waals surface area contributed by atoms with Crippen LogP contribution in [0.2, 0.25) is 5.02 Å². The lowest BCUT2D eigenvalue weighted by molar-refractivity contribution is -0.117. The predicted molar refractivity (Wildman–Crippen MR) is 76.9 cm³/mol. The Bertz CT molecular complexity index is 415. The molecule has 1 amide bonds. The molecule has 0 spiro atoms. The summed E-state index contributed by atoms with van der Waals surface area (Å²) >= 11 is 9.30. The van der Waals surface area contributed by atoms with Crippen molar-refractivity contribution in [3.05, 3.63) is 27.7 Å². The van der Waals surface area contributed by atoms with Crippen LogP contribution >= 0.6 is 27.5 Å². The molecule has 0 aliphatic carbocycles. The maximum absolute atomic E-state index is 11.8. The van der Waals surface area contributed by atoms with Crippen molar-refractivity contribution >= 4 is 39.1 Å². The van der Waals surface area contributed by atoms with Crippen molar-refractivity contribution in [2.24, 2.45) is 5.73 Å². The molecule has 0 heterocycles. The van der Waals surface area contributed by atoms with Crippen molar-refractivity contribution in [3.8, 4) is 0 Å². The average Bonchev–Trinajstić information content (AvgIpc) is 2.32. The third kappa shape index (κ3) is 4.94. The lowest BCUT2D eigenvalue weighted by Gasteiger charge is -2.13. The van der Waals surface area contributed by atoms with E-state index in [0.717, 1.165) is 10.9 Å². The highest BCUT2D eigenvalue weighted by atomic mass is 79.9. The smallest absolute Gasteiger partial charge is 0.241 e. The van der Waals surface area contributed by atoms with E-state index in [9.17, 15) is 4.79 Å². The van der Waals surface area contributed by atoms with Crippen molar-refractivity contribution < 1.29 is 9.53 Å². The molecule has 1 rings (SSSR count). The molecule has 0 saturated heterocycles. The van der Waals surface area contributed by atoms with Gasteiger partial charge in [0.05, 0.1) is 16.8 Å². The minimum atomic E-state index is -0.556. The van der Waals surface area contributed by atoms with E-state index in [1.807, 2.05) is 0 Å². The molecule has 18 heavy (non-hydrogen) atoms. The largest absolute Gasteiger partial charge is 0.385 e. The maximum atomic E-state index is 11.8. The SMILES string of the molecule is COCCCC(N)C(=O)Nc1ccc(Br)cc1Cl. The Hall–Kier alpha value is -0.620. The number of methoxy groups -OCH3 is 1. The number of amides is 1. The number of nitrogens with one attached hydrogen (secondary N) is 1. The summed E-state index contributed by atoms with van der Waals surface area (Å²) in [7, 11) is 1.62. The Kier molecular flexibility index (Phi) is 6.63. The van der Waals surface area contributed by atoms with Gasteiger partial charge in [-0.05, 0) is 31.0 Å². The topological polar surface area (TPSA) is 64.3 Å². The third-order valence-corrected chi connectivity index (χ3v) is 3.20. The molecule has 100 valence electrons. The van der Waals surface area contributed by atoms with Gasteiger partial charge in [-0.2, -0.15) is 0 Å². The summed E-state index contributed by atoms with van der Waals surface area (Å²) in [5.41, 5.74) is 6.33. The number of anilines is 1. The minimum Gasteiger partial charge on any atom is -0.385 e. The number of hydrogen-bond donors (Lipinski definition) is 2. The van der Waals surface area contributed by atoms with Gasteiger partial charge in [-0.1, -0.05) is 27.5 Å². The summed E-state index contributed by atoms with van der Waals surface area (Å²) in [6.45, 7) is 0.597. The Morgan fingerprint density at radius 1 is 1.61 bits per heavy atom. The second-order valence-electron chi connectivity index (χ2n) is 3.85. The summed E-state index contributed by atoms with van der Waals surface area (Å²) < 4.78 is 5.77. The molecule has 6 heteroatoms. The van der Waals surface area contributed by atoms with Crippen LogP contribution in [0.25, 0.3) is 0 Å². The minimum absolute atomic E-state index is 0.240. The molecule has 4 nitrogen and oxygen atoms in total. The van der Waals surface area contributed by atoms with Gasteiger partial charge >= 0.3 is 0 Å². The summed E-state index contributed by atoms with van der Waals surface area (Å²) in [6, 6.07) is 4.69. The molecular formula is C12H16BrClN2O2. The maximum Gasteiger partial charge on any atom is 0.241 e. The molecule has 0 aliphatic rings. The van der Waals surface area contributed by atoms with E-state index in [2.05, 4.69) is 21.2 Å². The highest BCUT2D eigenvalue weighted by molar-refractivity contribution is 9.10. The number of hydrogen-bond acceptors (Lipinski definition) is 3. The van der Waals surface area contributed by atoms with Gasteiger partial charge < -0.3 is 15.8 Å². The van der Waals surface area contributed by atoms with Crippen LogP contribution in [0.4, 0.5) is 5.69 Å². The fourth-order valence-corrected chi connectivity index (χ4v) is 2.12. The predicted octanol–water partition coefficient (Wildman–Crippen LogP) is 2.79. The summed E-state index contributed by atoms with van der Waals surface area (Å²) in [4.78, 5) is 11.8. The van der Waals surface area contributed by atoms with Gasteiger partial charge in [0, 0.05) is 18.2 Å². The number of carbonyl (C=O) groups is 1. The lowest BCUT2D eigenvalue weighted by atomic mass is 10.1. The van der Waals surface area contributed by atoms with E-state index >= 15 is 0 Å². The molecule has 0 fully saturated rings. The van der Waals surface area contributed by atoms with Gasteiger partial charge in [-0.15, -0.1) is 0 Å². The van der Waals surface area contributed by atoms with Gasteiger partial charge in [0.2, 0.25) is 5.91 Å². The molecule has 3 N–H and O–H groups in total. The molecule has 0 aromatic heterocycles. The van der Waals surface area contributed by atoms with Crippen LogP contribution in [-0.4, -0.2) is 25.7 Å². The molecule has 0 aliphatic heterocycles. The quantitative estimate of drug-likeness (QED) is 0.786. The first-order valence-electron chi connectivity index (χ1n) is 5.55. The van der Waals surface area contributed by atoms with E-state index < -0.39 is 6.04 Å². The summed E-state index contributed by atoms with van der Waals surface area (Å²) in [5, 5.41) is 3.18. The van der Waals surface area contributed by atoms with E-state index in [1.165, 1.54) is 0 Å². The van der Waals surface area contributed by atoms with Gasteiger partial charge in [0.25, 0.3) is 0 Å². The van der Waals surface area contributed by atoms with E-state index in [1.54, 1.807) is 25.3 Å². The summed E-state index contributed by atoms with van der Waals surface area (Å²) in [5.74, 6) is -0.240. The zero-order chi connectivity index (χ0) is 13.5. The zero-order valence-corrected chi connectivity index (χ0v) is 12.4. The number of halogens is 2. The number of ether oxygens (including phenoxy) is 1. The number of rotatable bonds is 6. The third-order valence-electron chi connectivity index (χ3n) is 2.39.